The summed E-state index contributed by atoms with van der Waals surface area (Å²) in [6.45, 7) is 3.93. The molecule has 2 aromatic rings. The number of pyridine rings is 1. The molecule has 0 aliphatic heterocycles. The van der Waals surface area contributed by atoms with Gasteiger partial charge >= 0.3 is 0 Å². The third-order valence-electron chi connectivity index (χ3n) is 2.84. The van der Waals surface area contributed by atoms with Gasteiger partial charge in [0, 0.05) is 18.0 Å². The summed E-state index contributed by atoms with van der Waals surface area (Å²) in [6.07, 6.45) is 3.18. The van der Waals surface area contributed by atoms with Crippen molar-refractivity contribution in [3.05, 3.63) is 53.3 Å². The fourth-order valence-corrected chi connectivity index (χ4v) is 1.94. The van der Waals surface area contributed by atoms with Crippen LogP contribution in [0.15, 0.2) is 36.7 Å². The maximum absolute atomic E-state index is 12.1. The molecule has 0 bridgehead atoms. The Morgan fingerprint density at radius 1 is 1.21 bits per heavy atom. The number of benzene rings is 1. The van der Waals surface area contributed by atoms with Crippen LogP contribution in [0.2, 0.25) is 0 Å². The number of carbonyl (C=O) groups is 1. The summed E-state index contributed by atoms with van der Waals surface area (Å²) in [5.41, 5.74) is 3.34. The molecule has 1 heterocycles. The van der Waals surface area contributed by atoms with Gasteiger partial charge in [0.1, 0.15) is 5.75 Å². The maximum atomic E-state index is 12.1. The second-order valence-corrected chi connectivity index (χ2v) is 4.35. The van der Waals surface area contributed by atoms with Crippen LogP contribution >= 0.6 is 0 Å². The standard InChI is InChI=1S/C15H16N2O2/c1-10-8-11(2)14(13(9-10)19-3)17-15(18)12-4-6-16-7-5-12/h4-9H,1-3H3,(H,17,18). The van der Waals surface area contributed by atoms with Crippen LogP contribution in [0.5, 0.6) is 5.75 Å². The molecule has 2 rings (SSSR count). The number of amides is 1. The lowest BCUT2D eigenvalue weighted by Gasteiger charge is -2.14. The summed E-state index contributed by atoms with van der Waals surface area (Å²) in [7, 11) is 1.59. The van der Waals surface area contributed by atoms with Gasteiger partial charge in [0.2, 0.25) is 0 Å². The predicted molar refractivity (Wildman–Crippen MR) is 74.7 cm³/mol. The van der Waals surface area contributed by atoms with Gasteiger partial charge in [-0.25, -0.2) is 0 Å². The molecule has 98 valence electrons. The number of aromatic nitrogens is 1. The number of methoxy groups -OCH3 is 1. The Morgan fingerprint density at radius 2 is 1.89 bits per heavy atom. The van der Waals surface area contributed by atoms with Crippen LogP contribution in [0.4, 0.5) is 5.69 Å². The van der Waals surface area contributed by atoms with E-state index in [0.29, 0.717) is 17.0 Å². The monoisotopic (exact) mass is 256 g/mol. The first-order chi connectivity index (χ1) is 9.11. The minimum absolute atomic E-state index is 0.173. The zero-order chi connectivity index (χ0) is 13.8. The maximum Gasteiger partial charge on any atom is 0.255 e. The molecular formula is C15H16N2O2. The van der Waals surface area contributed by atoms with E-state index in [9.17, 15) is 4.79 Å². The fraction of sp³-hybridized carbons (Fsp3) is 0.200. The molecule has 0 atom stereocenters. The smallest absolute Gasteiger partial charge is 0.255 e. The van der Waals surface area contributed by atoms with Crippen LogP contribution in [0.3, 0.4) is 0 Å². The first kappa shape index (κ1) is 13.1. The highest BCUT2D eigenvalue weighted by molar-refractivity contribution is 6.05. The van der Waals surface area contributed by atoms with Gasteiger partial charge < -0.3 is 10.1 Å². The van der Waals surface area contributed by atoms with E-state index in [1.807, 2.05) is 26.0 Å². The Morgan fingerprint density at radius 3 is 2.53 bits per heavy atom. The topological polar surface area (TPSA) is 51.2 Å². The summed E-state index contributed by atoms with van der Waals surface area (Å²) in [5.74, 6) is 0.493. The number of carbonyl (C=O) groups excluding carboxylic acids is 1. The number of ether oxygens (including phenoxy) is 1. The van der Waals surface area contributed by atoms with E-state index >= 15 is 0 Å². The summed E-state index contributed by atoms with van der Waals surface area (Å²) in [6, 6.07) is 7.25. The predicted octanol–water partition coefficient (Wildman–Crippen LogP) is 2.96. The Kier molecular flexibility index (Phi) is 3.80. The Labute approximate surface area is 112 Å². The highest BCUT2D eigenvalue weighted by atomic mass is 16.5. The van der Waals surface area contributed by atoms with E-state index in [0.717, 1.165) is 11.1 Å². The van der Waals surface area contributed by atoms with Gasteiger partial charge in [-0.1, -0.05) is 6.07 Å². The van der Waals surface area contributed by atoms with E-state index in [-0.39, 0.29) is 5.91 Å². The molecule has 0 saturated heterocycles. The minimum Gasteiger partial charge on any atom is -0.495 e. The molecule has 4 heteroatoms. The third kappa shape index (κ3) is 2.91. The summed E-state index contributed by atoms with van der Waals surface area (Å²) in [4.78, 5) is 16.0. The molecule has 1 N–H and O–H groups in total. The molecule has 1 amide bonds. The van der Waals surface area contributed by atoms with Crippen LogP contribution in [0, 0.1) is 13.8 Å². The zero-order valence-corrected chi connectivity index (χ0v) is 11.2. The van der Waals surface area contributed by atoms with Crippen LogP contribution in [-0.4, -0.2) is 18.0 Å². The normalized spacial score (nSPS) is 10.1. The van der Waals surface area contributed by atoms with Gasteiger partial charge in [-0.2, -0.15) is 0 Å². The van der Waals surface area contributed by atoms with E-state index in [4.69, 9.17) is 4.74 Å². The van der Waals surface area contributed by atoms with Crippen molar-refractivity contribution in [1.82, 2.24) is 4.98 Å². The summed E-state index contributed by atoms with van der Waals surface area (Å²) < 4.78 is 5.32. The van der Waals surface area contributed by atoms with Crippen molar-refractivity contribution in [1.29, 1.82) is 0 Å². The lowest BCUT2D eigenvalue weighted by atomic mass is 10.1. The van der Waals surface area contributed by atoms with E-state index in [2.05, 4.69) is 10.3 Å². The highest BCUT2D eigenvalue weighted by Gasteiger charge is 2.12. The number of rotatable bonds is 3. The number of hydrogen-bond donors (Lipinski definition) is 1. The molecule has 1 aromatic carbocycles. The SMILES string of the molecule is COc1cc(C)cc(C)c1NC(=O)c1ccncc1. The zero-order valence-electron chi connectivity index (χ0n) is 11.2. The first-order valence-electron chi connectivity index (χ1n) is 5.98. The Bertz CT molecular complexity index is 595. The van der Waals surface area contributed by atoms with Gasteiger partial charge in [-0.15, -0.1) is 0 Å². The molecule has 0 radical (unpaired) electrons. The molecule has 1 aromatic heterocycles. The molecule has 0 spiro atoms. The van der Waals surface area contributed by atoms with E-state index in [1.54, 1.807) is 31.6 Å². The average Bonchev–Trinajstić information content (AvgIpc) is 2.42. The highest BCUT2D eigenvalue weighted by Crippen LogP contribution is 2.30. The number of anilines is 1. The van der Waals surface area contributed by atoms with Crippen molar-refractivity contribution >= 4 is 11.6 Å². The third-order valence-corrected chi connectivity index (χ3v) is 2.84. The summed E-state index contributed by atoms with van der Waals surface area (Å²) >= 11 is 0. The molecule has 4 nitrogen and oxygen atoms in total. The summed E-state index contributed by atoms with van der Waals surface area (Å²) in [5, 5.41) is 2.88. The molecule has 0 aliphatic carbocycles. The van der Waals surface area contributed by atoms with Crippen LogP contribution in [0.1, 0.15) is 21.5 Å². The van der Waals surface area contributed by atoms with Gasteiger partial charge in [0.05, 0.1) is 12.8 Å². The van der Waals surface area contributed by atoms with Crippen molar-refractivity contribution in [3.63, 3.8) is 0 Å². The van der Waals surface area contributed by atoms with Crippen LogP contribution in [0.25, 0.3) is 0 Å². The van der Waals surface area contributed by atoms with Crippen molar-refractivity contribution in [2.45, 2.75) is 13.8 Å². The van der Waals surface area contributed by atoms with Crippen molar-refractivity contribution in [2.24, 2.45) is 0 Å². The molecule has 0 unspecified atom stereocenters. The molecule has 0 fully saturated rings. The first-order valence-corrected chi connectivity index (χ1v) is 5.98. The number of nitrogens with one attached hydrogen (secondary N) is 1. The average molecular weight is 256 g/mol. The van der Waals surface area contributed by atoms with E-state index in [1.165, 1.54) is 0 Å². The molecule has 0 aliphatic rings. The van der Waals surface area contributed by atoms with Gasteiger partial charge in [0.25, 0.3) is 5.91 Å². The number of nitrogens with zero attached hydrogens (tertiary/aromatic N) is 1. The largest absolute Gasteiger partial charge is 0.495 e. The van der Waals surface area contributed by atoms with Crippen molar-refractivity contribution in [3.8, 4) is 5.75 Å². The lowest BCUT2D eigenvalue weighted by Crippen LogP contribution is -2.13. The Balaban J connectivity index is 2.31. The van der Waals surface area contributed by atoms with Crippen LogP contribution in [-0.2, 0) is 0 Å². The molecular weight excluding hydrogens is 240 g/mol. The van der Waals surface area contributed by atoms with Gasteiger partial charge in [-0.05, 0) is 43.2 Å². The fourth-order valence-electron chi connectivity index (χ4n) is 1.94. The Hall–Kier alpha value is -2.36. The van der Waals surface area contributed by atoms with Crippen LogP contribution < -0.4 is 10.1 Å². The number of aryl methyl sites for hydroxylation is 2. The lowest BCUT2D eigenvalue weighted by molar-refractivity contribution is 0.102. The van der Waals surface area contributed by atoms with Crippen molar-refractivity contribution < 1.29 is 9.53 Å². The minimum atomic E-state index is -0.173. The second kappa shape index (κ2) is 5.52. The second-order valence-electron chi connectivity index (χ2n) is 4.35. The molecule has 19 heavy (non-hydrogen) atoms. The number of hydrogen-bond acceptors (Lipinski definition) is 3. The van der Waals surface area contributed by atoms with Crippen molar-refractivity contribution in [2.75, 3.05) is 12.4 Å². The van der Waals surface area contributed by atoms with E-state index < -0.39 is 0 Å². The van der Waals surface area contributed by atoms with Gasteiger partial charge in [-0.3, -0.25) is 9.78 Å². The quantitative estimate of drug-likeness (QED) is 0.918. The van der Waals surface area contributed by atoms with Gasteiger partial charge in [0.15, 0.2) is 0 Å². The molecule has 0 saturated carbocycles.